The number of sulfonamides is 1. The maximum atomic E-state index is 13.6. The van der Waals surface area contributed by atoms with Crippen LogP contribution in [0, 0.1) is 0 Å². The Labute approximate surface area is 219 Å². The second-order valence-electron chi connectivity index (χ2n) is 7.74. The minimum Gasteiger partial charge on any atom is -0.494 e. The highest BCUT2D eigenvalue weighted by Gasteiger charge is 2.28. The average molecular weight is 574 g/mol. The third-order valence-corrected chi connectivity index (χ3v) is 7.42. The number of ether oxygens (including phenoxy) is 1. The first-order valence-corrected chi connectivity index (χ1v) is 13.7. The van der Waals surface area contributed by atoms with E-state index in [1.54, 1.807) is 60.7 Å². The van der Waals surface area contributed by atoms with Gasteiger partial charge in [-0.05, 0) is 74.0 Å². The SMILES string of the molecule is CCCNC(=O)c1ccccc1NC(=O)CN(c1ccc(OCC)cc1)S(=O)(=O)c1ccc(Br)cc1. The second-order valence-corrected chi connectivity index (χ2v) is 10.5. The standard InChI is InChI=1S/C26H28BrN3O5S/c1-3-17-28-26(32)23-7-5-6-8-24(23)29-25(31)18-30(20-11-13-21(14-12-20)35-4-2)36(33,34)22-15-9-19(27)10-16-22/h5-16H,3-4,17-18H2,1-2H3,(H,28,32)(H,29,31). The molecule has 10 heteroatoms. The van der Waals surface area contributed by atoms with Gasteiger partial charge in [-0.15, -0.1) is 0 Å². The molecule has 190 valence electrons. The molecule has 0 aliphatic rings. The van der Waals surface area contributed by atoms with E-state index in [4.69, 9.17) is 4.74 Å². The monoisotopic (exact) mass is 573 g/mol. The fourth-order valence-corrected chi connectivity index (χ4v) is 5.05. The molecule has 0 aliphatic heterocycles. The molecule has 0 heterocycles. The highest BCUT2D eigenvalue weighted by atomic mass is 79.9. The lowest BCUT2D eigenvalue weighted by Crippen LogP contribution is -2.38. The van der Waals surface area contributed by atoms with Crippen molar-refractivity contribution in [3.05, 3.63) is 82.8 Å². The number of para-hydroxylation sites is 1. The normalized spacial score (nSPS) is 11.0. The van der Waals surface area contributed by atoms with Gasteiger partial charge in [0, 0.05) is 11.0 Å². The highest BCUT2D eigenvalue weighted by molar-refractivity contribution is 9.10. The second kappa shape index (κ2) is 12.5. The number of nitrogens with one attached hydrogen (secondary N) is 2. The fourth-order valence-electron chi connectivity index (χ4n) is 3.37. The lowest BCUT2D eigenvalue weighted by Gasteiger charge is -2.24. The zero-order valence-corrected chi connectivity index (χ0v) is 22.4. The van der Waals surface area contributed by atoms with Gasteiger partial charge >= 0.3 is 0 Å². The molecule has 0 aliphatic carbocycles. The average Bonchev–Trinajstić information content (AvgIpc) is 2.87. The van der Waals surface area contributed by atoms with Crippen molar-refractivity contribution >= 4 is 49.1 Å². The fraction of sp³-hybridized carbons (Fsp3) is 0.231. The molecule has 0 aromatic heterocycles. The molecule has 8 nitrogen and oxygen atoms in total. The van der Waals surface area contributed by atoms with E-state index in [1.807, 2.05) is 13.8 Å². The smallest absolute Gasteiger partial charge is 0.264 e. The van der Waals surface area contributed by atoms with Gasteiger partial charge in [0.1, 0.15) is 12.3 Å². The largest absolute Gasteiger partial charge is 0.494 e. The molecule has 3 rings (SSSR count). The summed E-state index contributed by atoms with van der Waals surface area (Å²) in [5.41, 5.74) is 0.886. The third-order valence-electron chi connectivity index (χ3n) is 5.11. The Morgan fingerprint density at radius 2 is 1.61 bits per heavy atom. The van der Waals surface area contributed by atoms with Crippen molar-refractivity contribution < 1.29 is 22.7 Å². The quantitative estimate of drug-likeness (QED) is 0.342. The third kappa shape index (κ3) is 6.86. The van der Waals surface area contributed by atoms with Crippen LogP contribution in [-0.2, 0) is 14.8 Å². The van der Waals surface area contributed by atoms with Crippen LogP contribution in [0.3, 0.4) is 0 Å². The van der Waals surface area contributed by atoms with Crippen LogP contribution in [0.15, 0.2) is 82.2 Å². The first-order valence-electron chi connectivity index (χ1n) is 11.4. The van der Waals surface area contributed by atoms with E-state index in [0.717, 1.165) is 15.2 Å². The van der Waals surface area contributed by atoms with Crippen molar-refractivity contribution in [3.8, 4) is 5.75 Å². The number of rotatable bonds is 11. The number of hydrogen-bond donors (Lipinski definition) is 2. The van der Waals surface area contributed by atoms with Crippen LogP contribution in [0.1, 0.15) is 30.6 Å². The van der Waals surface area contributed by atoms with Gasteiger partial charge in [0.15, 0.2) is 0 Å². The maximum absolute atomic E-state index is 13.6. The zero-order valence-electron chi connectivity index (χ0n) is 20.0. The summed E-state index contributed by atoms with van der Waals surface area (Å²) in [5, 5.41) is 5.48. The van der Waals surface area contributed by atoms with Gasteiger partial charge in [0.05, 0.1) is 28.4 Å². The summed E-state index contributed by atoms with van der Waals surface area (Å²) in [6.45, 7) is 4.25. The van der Waals surface area contributed by atoms with Crippen molar-refractivity contribution in [1.29, 1.82) is 0 Å². The number of amides is 2. The van der Waals surface area contributed by atoms with Gasteiger partial charge < -0.3 is 15.4 Å². The van der Waals surface area contributed by atoms with E-state index in [2.05, 4.69) is 26.6 Å². The maximum Gasteiger partial charge on any atom is 0.264 e. The van der Waals surface area contributed by atoms with E-state index >= 15 is 0 Å². The summed E-state index contributed by atoms with van der Waals surface area (Å²) in [6, 6.07) is 19.2. The lowest BCUT2D eigenvalue weighted by atomic mass is 10.1. The van der Waals surface area contributed by atoms with Crippen molar-refractivity contribution in [2.24, 2.45) is 0 Å². The Balaban J connectivity index is 1.91. The number of hydrogen-bond acceptors (Lipinski definition) is 5. The van der Waals surface area contributed by atoms with Crippen LogP contribution < -0.4 is 19.7 Å². The first kappa shape index (κ1) is 27.2. The summed E-state index contributed by atoms with van der Waals surface area (Å²) in [6.07, 6.45) is 0.769. The molecule has 0 unspecified atom stereocenters. The summed E-state index contributed by atoms with van der Waals surface area (Å²) < 4.78 is 34.4. The van der Waals surface area contributed by atoms with Crippen LogP contribution in [0.4, 0.5) is 11.4 Å². The van der Waals surface area contributed by atoms with Crippen LogP contribution >= 0.6 is 15.9 Å². The van der Waals surface area contributed by atoms with Crippen molar-refractivity contribution in [3.63, 3.8) is 0 Å². The van der Waals surface area contributed by atoms with Gasteiger partial charge in [-0.25, -0.2) is 8.42 Å². The predicted molar refractivity (Wildman–Crippen MR) is 144 cm³/mol. The lowest BCUT2D eigenvalue weighted by molar-refractivity contribution is -0.114. The minimum absolute atomic E-state index is 0.0340. The summed E-state index contributed by atoms with van der Waals surface area (Å²) >= 11 is 3.31. The van der Waals surface area contributed by atoms with Crippen LogP contribution in [-0.4, -0.2) is 39.9 Å². The zero-order chi connectivity index (χ0) is 26.1. The minimum atomic E-state index is -4.09. The summed E-state index contributed by atoms with van der Waals surface area (Å²) in [7, 11) is -4.09. The van der Waals surface area contributed by atoms with Crippen LogP contribution in [0.5, 0.6) is 5.75 Å². The molecular formula is C26H28BrN3O5S. The predicted octanol–water partition coefficient (Wildman–Crippen LogP) is 4.82. The van der Waals surface area contributed by atoms with Gasteiger partial charge in [-0.1, -0.05) is 35.0 Å². The first-order chi connectivity index (χ1) is 17.3. The van der Waals surface area contributed by atoms with Gasteiger partial charge in [-0.2, -0.15) is 0 Å². The summed E-state index contributed by atoms with van der Waals surface area (Å²) in [5.74, 6) is -0.336. The topological polar surface area (TPSA) is 105 Å². The van der Waals surface area contributed by atoms with Crippen molar-refractivity contribution in [1.82, 2.24) is 5.32 Å². The van der Waals surface area contributed by atoms with Crippen molar-refractivity contribution in [2.45, 2.75) is 25.2 Å². The highest BCUT2D eigenvalue weighted by Crippen LogP contribution is 2.27. The number of halogens is 1. The molecule has 0 saturated heterocycles. The van der Waals surface area contributed by atoms with Gasteiger partial charge in [-0.3, -0.25) is 13.9 Å². The van der Waals surface area contributed by atoms with E-state index in [0.29, 0.717) is 35.8 Å². The number of nitrogens with zero attached hydrogens (tertiary/aromatic N) is 1. The molecule has 2 amide bonds. The Hall–Kier alpha value is -3.37. The van der Waals surface area contributed by atoms with Gasteiger partial charge in [0.2, 0.25) is 5.91 Å². The van der Waals surface area contributed by atoms with E-state index in [9.17, 15) is 18.0 Å². The molecule has 0 atom stereocenters. The number of carbonyl (C=O) groups excluding carboxylic acids is 2. The molecule has 0 fully saturated rings. The molecule has 3 aromatic rings. The van der Waals surface area contributed by atoms with Gasteiger partial charge in [0.25, 0.3) is 15.9 Å². The number of anilines is 2. The molecule has 0 saturated carbocycles. The van der Waals surface area contributed by atoms with Crippen LogP contribution in [0.2, 0.25) is 0 Å². The Morgan fingerprint density at radius 1 is 0.944 bits per heavy atom. The van der Waals surface area contributed by atoms with Crippen LogP contribution in [0.25, 0.3) is 0 Å². The number of benzene rings is 3. The molecule has 36 heavy (non-hydrogen) atoms. The molecule has 0 radical (unpaired) electrons. The van der Waals surface area contributed by atoms with E-state index in [-0.39, 0.29) is 10.8 Å². The van der Waals surface area contributed by atoms with E-state index < -0.39 is 22.5 Å². The molecule has 2 N–H and O–H groups in total. The van der Waals surface area contributed by atoms with Crippen molar-refractivity contribution in [2.75, 3.05) is 29.3 Å². The molecular weight excluding hydrogens is 546 g/mol. The van der Waals surface area contributed by atoms with E-state index in [1.165, 1.54) is 12.1 Å². The molecule has 0 bridgehead atoms. The number of carbonyl (C=O) groups is 2. The Morgan fingerprint density at radius 3 is 2.25 bits per heavy atom. The summed E-state index contributed by atoms with van der Waals surface area (Å²) in [4.78, 5) is 25.7. The Kier molecular flexibility index (Phi) is 9.49. The molecule has 3 aromatic carbocycles. The molecule has 0 spiro atoms. The Bertz CT molecular complexity index is 1300.